The second-order valence-electron chi connectivity index (χ2n) is 5.39. The van der Waals surface area contributed by atoms with E-state index in [1.807, 2.05) is 12.1 Å². The minimum Gasteiger partial charge on any atom is -0.383 e. The largest absolute Gasteiger partial charge is 0.383 e. The Morgan fingerprint density at radius 1 is 1.45 bits per heavy atom. The van der Waals surface area contributed by atoms with E-state index in [4.69, 9.17) is 0 Å². The zero-order chi connectivity index (χ0) is 14.5. The molecular weight excluding hydrogens is 254 g/mol. The van der Waals surface area contributed by atoms with Gasteiger partial charge < -0.3 is 5.32 Å². The molecule has 110 valence electrons. The zero-order valence-electron chi connectivity index (χ0n) is 12.3. The highest BCUT2D eigenvalue weighted by molar-refractivity contribution is 5.62. The Kier molecular flexibility index (Phi) is 4.95. The highest BCUT2D eigenvalue weighted by atomic mass is 16.6. The molecule has 1 unspecified atom stereocenters. The molecule has 1 heterocycles. The van der Waals surface area contributed by atoms with Gasteiger partial charge >= 0.3 is 0 Å². The van der Waals surface area contributed by atoms with Crippen LogP contribution in [0.3, 0.4) is 0 Å². The monoisotopic (exact) mass is 277 g/mol. The molecule has 1 fully saturated rings. The normalized spacial score (nSPS) is 19.8. The third kappa shape index (κ3) is 3.28. The number of hydrogen-bond acceptors (Lipinski definition) is 4. The van der Waals surface area contributed by atoms with Crippen molar-refractivity contribution in [3.63, 3.8) is 0 Å². The third-order valence-corrected chi connectivity index (χ3v) is 4.13. The molecule has 0 saturated carbocycles. The van der Waals surface area contributed by atoms with Crippen LogP contribution >= 0.6 is 0 Å². The molecular formula is C15H23N3O2. The number of anilines is 1. The van der Waals surface area contributed by atoms with E-state index in [0.29, 0.717) is 11.7 Å². The van der Waals surface area contributed by atoms with Crippen LogP contribution in [-0.4, -0.2) is 29.5 Å². The molecule has 0 aromatic heterocycles. The van der Waals surface area contributed by atoms with E-state index >= 15 is 0 Å². The molecule has 1 aliphatic rings. The van der Waals surface area contributed by atoms with Crippen LogP contribution in [0.25, 0.3) is 0 Å². The molecule has 1 aliphatic heterocycles. The van der Waals surface area contributed by atoms with Gasteiger partial charge in [0.2, 0.25) is 0 Å². The average Bonchev–Trinajstić information content (AvgIpc) is 2.47. The van der Waals surface area contributed by atoms with Crippen LogP contribution in [0.15, 0.2) is 18.2 Å². The topological polar surface area (TPSA) is 58.4 Å². The van der Waals surface area contributed by atoms with Gasteiger partial charge in [-0.3, -0.25) is 15.0 Å². The Morgan fingerprint density at radius 3 is 2.90 bits per heavy atom. The Bertz CT molecular complexity index is 476. The number of piperidine rings is 1. The molecule has 0 amide bonds. The Hall–Kier alpha value is -1.62. The minimum atomic E-state index is -0.342. The molecule has 5 nitrogen and oxygen atoms in total. The van der Waals surface area contributed by atoms with Gasteiger partial charge in [0.15, 0.2) is 0 Å². The summed E-state index contributed by atoms with van der Waals surface area (Å²) in [4.78, 5) is 13.1. The lowest BCUT2D eigenvalue weighted by molar-refractivity contribution is -0.384. The van der Waals surface area contributed by atoms with Crippen molar-refractivity contribution in [2.45, 2.75) is 45.2 Å². The Balaban J connectivity index is 2.14. The lowest BCUT2D eigenvalue weighted by Gasteiger charge is -2.35. The number of benzene rings is 1. The van der Waals surface area contributed by atoms with Crippen molar-refractivity contribution in [2.24, 2.45) is 0 Å². The molecule has 0 radical (unpaired) electrons. The SMILES string of the molecule is CCC1CCCCN1Cc1ccc([N+](=O)[O-])c(NC)c1. The van der Waals surface area contributed by atoms with Crippen molar-refractivity contribution in [1.82, 2.24) is 4.90 Å². The molecule has 1 aromatic carbocycles. The second kappa shape index (κ2) is 6.70. The van der Waals surface area contributed by atoms with Gasteiger partial charge in [-0.2, -0.15) is 0 Å². The molecule has 0 aliphatic carbocycles. The fourth-order valence-corrected chi connectivity index (χ4v) is 3.01. The molecule has 20 heavy (non-hydrogen) atoms. The summed E-state index contributed by atoms with van der Waals surface area (Å²) in [6.07, 6.45) is 5.01. The zero-order valence-corrected chi connectivity index (χ0v) is 12.3. The van der Waals surface area contributed by atoms with Gasteiger partial charge in [-0.05, 0) is 37.4 Å². The maximum Gasteiger partial charge on any atom is 0.292 e. The summed E-state index contributed by atoms with van der Waals surface area (Å²) in [7, 11) is 1.72. The smallest absolute Gasteiger partial charge is 0.292 e. The summed E-state index contributed by atoms with van der Waals surface area (Å²) in [5.41, 5.74) is 1.87. The second-order valence-corrected chi connectivity index (χ2v) is 5.39. The van der Waals surface area contributed by atoms with Crippen molar-refractivity contribution in [1.29, 1.82) is 0 Å². The Labute approximate surface area is 120 Å². The summed E-state index contributed by atoms with van der Waals surface area (Å²) >= 11 is 0. The first-order valence-electron chi connectivity index (χ1n) is 7.34. The highest BCUT2D eigenvalue weighted by Gasteiger charge is 2.21. The van der Waals surface area contributed by atoms with E-state index in [0.717, 1.165) is 18.7 Å². The quantitative estimate of drug-likeness (QED) is 0.662. The van der Waals surface area contributed by atoms with Crippen LogP contribution in [0.2, 0.25) is 0 Å². The molecule has 1 saturated heterocycles. The van der Waals surface area contributed by atoms with E-state index in [1.54, 1.807) is 13.1 Å². The molecule has 2 rings (SSSR count). The van der Waals surface area contributed by atoms with Crippen molar-refractivity contribution in [2.75, 3.05) is 18.9 Å². The number of likely N-dealkylation sites (tertiary alicyclic amines) is 1. The number of nitrogens with one attached hydrogen (secondary N) is 1. The fraction of sp³-hybridized carbons (Fsp3) is 0.600. The summed E-state index contributed by atoms with van der Waals surface area (Å²) in [6.45, 7) is 4.24. The Morgan fingerprint density at radius 2 is 2.25 bits per heavy atom. The van der Waals surface area contributed by atoms with Crippen LogP contribution in [0, 0.1) is 10.1 Å². The number of rotatable bonds is 5. The van der Waals surface area contributed by atoms with Gasteiger partial charge in [0.25, 0.3) is 5.69 Å². The van der Waals surface area contributed by atoms with Crippen molar-refractivity contribution >= 4 is 11.4 Å². The maximum absolute atomic E-state index is 10.9. The molecule has 5 heteroatoms. The molecule has 1 N–H and O–H groups in total. The van der Waals surface area contributed by atoms with Gasteiger partial charge in [-0.25, -0.2) is 0 Å². The fourth-order valence-electron chi connectivity index (χ4n) is 3.01. The molecule has 1 aromatic rings. The number of nitrogens with zero attached hydrogens (tertiary/aromatic N) is 2. The van der Waals surface area contributed by atoms with Gasteiger partial charge in [0.1, 0.15) is 5.69 Å². The summed E-state index contributed by atoms with van der Waals surface area (Å²) in [5.74, 6) is 0. The number of nitro benzene ring substituents is 1. The van der Waals surface area contributed by atoms with Crippen molar-refractivity contribution < 1.29 is 4.92 Å². The van der Waals surface area contributed by atoms with Crippen LogP contribution in [0.5, 0.6) is 0 Å². The van der Waals surface area contributed by atoms with E-state index < -0.39 is 0 Å². The van der Waals surface area contributed by atoms with E-state index in [9.17, 15) is 10.1 Å². The first kappa shape index (κ1) is 14.8. The van der Waals surface area contributed by atoms with Crippen LogP contribution in [0.1, 0.15) is 38.2 Å². The van der Waals surface area contributed by atoms with Gasteiger partial charge in [0.05, 0.1) is 4.92 Å². The highest BCUT2D eigenvalue weighted by Crippen LogP contribution is 2.27. The van der Waals surface area contributed by atoms with E-state index in [1.165, 1.54) is 25.7 Å². The van der Waals surface area contributed by atoms with Gasteiger partial charge in [0, 0.05) is 25.7 Å². The predicted octanol–water partition coefficient (Wildman–Crippen LogP) is 3.40. The number of nitro groups is 1. The van der Waals surface area contributed by atoms with E-state index in [-0.39, 0.29) is 10.6 Å². The average molecular weight is 277 g/mol. The van der Waals surface area contributed by atoms with Crippen LogP contribution < -0.4 is 5.32 Å². The van der Waals surface area contributed by atoms with Gasteiger partial charge in [-0.1, -0.05) is 19.4 Å². The van der Waals surface area contributed by atoms with Gasteiger partial charge in [-0.15, -0.1) is 0 Å². The van der Waals surface area contributed by atoms with Crippen LogP contribution in [0.4, 0.5) is 11.4 Å². The summed E-state index contributed by atoms with van der Waals surface area (Å²) in [5, 5.41) is 13.9. The standard InChI is InChI=1S/C15H23N3O2/c1-3-13-6-4-5-9-17(13)11-12-7-8-15(18(19)20)14(10-12)16-2/h7-8,10,13,16H,3-6,9,11H2,1-2H3. The van der Waals surface area contributed by atoms with E-state index in [2.05, 4.69) is 17.1 Å². The molecule has 0 bridgehead atoms. The summed E-state index contributed by atoms with van der Waals surface area (Å²) in [6, 6.07) is 6.03. The first-order chi connectivity index (χ1) is 9.65. The summed E-state index contributed by atoms with van der Waals surface area (Å²) < 4.78 is 0. The first-order valence-corrected chi connectivity index (χ1v) is 7.34. The molecule has 0 spiro atoms. The maximum atomic E-state index is 10.9. The van der Waals surface area contributed by atoms with Crippen LogP contribution in [-0.2, 0) is 6.54 Å². The predicted molar refractivity (Wildman–Crippen MR) is 81.0 cm³/mol. The lowest BCUT2D eigenvalue weighted by Crippen LogP contribution is -2.38. The van der Waals surface area contributed by atoms with Crippen molar-refractivity contribution in [3.05, 3.63) is 33.9 Å². The third-order valence-electron chi connectivity index (χ3n) is 4.13. The number of hydrogen-bond donors (Lipinski definition) is 1. The van der Waals surface area contributed by atoms with Crippen molar-refractivity contribution in [3.8, 4) is 0 Å². The molecule has 1 atom stereocenters. The lowest BCUT2D eigenvalue weighted by atomic mass is 9.99. The minimum absolute atomic E-state index is 0.141.